The van der Waals surface area contributed by atoms with Crippen LogP contribution in [0.3, 0.4) is 0 Å². The number of aromatic nitrogens is 3. The average molecular weight is 274 g/mol. The SMILES string of the molecule is CCOc1cc2ncc(C(C)=O)c(/C=C/N(C)C)n2n1. The van der Waals surface area contributed by atoms with Crippen molar-refractivity contribution in [1.29, 1.82) is 0 Å². The van der Waals surface area contributed by atoms with Crippen LogP contribution in [-0.2, 0) is 0 Å². The predicted molar refractivity (Wildman–Crippen MR) is 76.9 cm³/mol. The van der Waals surface area contributed by atoms with E-state index in [9.17, 15) is 4.79 Å². The lowest BCUT2D eigenvalue weighted by atomic mass is 10.1. The van der Waals surface area contributed by atoms with Crippen molar-refractivity contribution in [3.05, 3.63) is 29.7 Å². The second-order valence-electron chi connectivity index (χ2n) is 4.58. The maximum absolute atomic E-state index is 11.7. The Balaban J connectivity index is 2.62. The minimum absolute atomic E-state index is 0.0498. The van der Waals surface area contributed by atoms with Crippen molar-refractivity contribution in [3.8, 4) is 5.88 Å². The maximum Gasteiger partial charge on any atom is 0.235 e. The van der Waals surface area contributed by atoms with Gasteiger partial charge in [0.1, 0.15) is 0 Å². The smallest absolute Gasteiger partial charge is 0.235 e. The monoisotopic (exact) mass is 274 g/mol. The van der Waals surface area contributed by atoms with Crippen LogP contribution in [0.15, 0.2) is 18.5 Å². The molecule has 0 radical (unpaired) electrons. The lowest BCUT2D eigenvalue weighted by Crippen LogP contribution is -2.07. The van der Waals surface area contributed by atoms with Crippen LogP contribution >= 0.6 is 0 Å². The number of nitrogens with zero attached hydrogens (tertiary/aromatic N) is 4. The molecule has 0 bridgehead atoms. The second-order valence-corrected chi connectivity index (χ2v) is 4.58. The molecule has 2 rings (SSSR count). The topological polar surface area (TPSA) is 59.7 Å². The van der Waals surface area contributed by atoms with Crippen LogP contribution in [0.2, 0.25) is 0 Å². The molecular weight excluding hydrogens is 256 g/mol. The number of fused-ring (bicyclic) bond motifs is 1. The third kappa shape index (κ3) is 2.79. The number of rotatable bonds is 5. The van der Waals surface area contributed by atoms with Gasteiger partial charge in [0.25, 0.3) is 0 Å². The van der Waals surface area contributed by atoms with E-state index in [-0.39, 0.29) is 5.78 Å². The summed E-state index contributed by atoms with van der Waals surface area (Å²) in [6.45, 7) is 3.94. The zero-order valence-electron chi connectivity index (χ0n) is 12.1. The quantitative estimate of drug-likeness (QED) is 0.779. The van der Waals surface area contributed by atoms with Crippen molar-refractivity contribution in [2.24, 2.45) is 0 Å². The molecule has 2 aromatic rings. The summed E-state index contributed by atoms with van der Waals surface area (Å²) in [6.07, 6.45) is 5.28. The minimum atomic E-state index is -0.0498. The van der Waals surface area contributed by atoms with Gasteiger partial charge in [0.2, 0.25) is 5.88 Å². The summed E-state index contributed by atoms with van der Waals surface area (Å²) in [5.41, 5.74) is 1.88. The number of Topliss-reactive ketones (excluding diaryl/α,β-unsaturated/α-hetero) is 1. The van der Waals surface area contributed by atoms with Gasteiger partial charge in [0.15, 0.2) is 11.4 Å². The molecule has 0 fully saturated rings. The van der Waals surface area contributed by atoms with Crippen LogP contribution in [-0.4, -0.2) is 46.0 Å². The molecule has 0 atom stereocenters. The normalized spacial score (nSPS) is 11.2. The fourth-order valence-electron chi connectivity index (χ4n) is 1.80. The van der Waals surface area contributed by atoms with Crippen LogP contribution in [0.4, 0.5) is 0 Å². The average Bonchev–Trinajstić information content (AvgIpc) is 2.78. The van der Waals surface area contributed by atoms with Gasteiger partial charge in [-0.2, -0.15) is 0 Å². The molecule has 0 amide bonds. The van der Waals surface area contributed by atoms with E-state index in [0.29, 0.717) is 29.4 Å². The van der Waals surface area contributed by atoms with Crippen molar-refractivity contribution >= 4 is 17.5 Å². The number of ether oxygens (including phenoxy) is 1. The van der Waals surface area contributed by atoms with E-state index in [4.69, 9.17) is 4.74 Å². The first-order chi connectivity index (χ1) is 9.52. The highest BCUT2D eigenvalue weighted by Crippen LogP contribution is 2.18. The van der Waals surface area contributed by atoms with Crippen molar-refractivity contribution in [3.63, 3.8) is 0 Å². The molecule has 0 N–H and O–H groups in total. The molecule has 0 aromatic carbocycles. The molecule has 0 unspecified atom stereocenters. The number of carbonyl (C=O) groups is 1. The Morgan fingerprint density at radius 1 is 1.50 bits per heavy atom. The summed E-state index contributed by atoms with van der Waals surface area (Å²) in [4.78, 5) is 17.9. The molecule has 106 valence electrons. The number of carbonyl (C=O) groups excluding carboxylic acids is 1. The molecule has 20 heavy (non-hydrogen) atoms. The Kier molecular flexibility index (Phi) is 4.02. The zero-order chi connectivity index (χ0) is 14.7. The molecular formula is C14H18N4O2. The Hall–Kier alpha value is -2.37. The molecule has 2 aromatic heterocycles. The zero-order valence-corrected chi connectivity index (χ0v) is 12.1. The third-order valence-corrected chi connectivity index (χ3v) is 2.70. The first-order valence-corrected chi connectivity index (χ1v) is 6.40. The fourth-order valence-corrected chi connectivity index (χ4v) is 1.80. The summed E-state index contributed by atoms with van der Waals surface area (Å²) in [6, 6.07) is 1.75. The molecule has 0 spiro atoms. The predicted octanol–water partition coefficient (Wildman–Crippen LogP) is 1.86. The molecule has 0 aliphatic carbocycles. The molecule has 6 heteroatoms. The van der Waals surface area contributed by atoms with E-state index < -0.39 is 0 Å². The van der Waals surface area contributed by atoms with Crippen molar-refractivity contribution in [1.82, 2.24) is 19.5 Å². The van der Waals surface area contributed by atoms with E-state index in [1.807, 2.05) is 38.2 Å². The van der Waals surface area contributed by atoms with Gasteiger partial charge in [-0.25, -0.2) is 9.50 Å². The van der Waals surface area contributed by atoms with Gasteiger partial charge in [0, 0.05) is 32.6 Å². The van der Waals surface area contributed by atoms with Gasteiger partial charge in [-0.3, -0.25) is 4.79 Å². The third-order valence-electron chi connectivity index (χ3n) is 2.70. The van der Waals surface area contributed by atoms with E-state index in [1.54, 1.807) is 16.8 Å². The minimum Gasteiger partial charge on any atom is -0.477 e. The Labute approximate surface area is 117 Å². The number of hydrogen-bond acceptors (Lipinski definition) is 5. The standard InChI is InChI=1S/C14H18N4O2/c1-5-20-14-8-13-15-9-11(10(2)19)12(18(13)16-14)6-7-17(3)4/h6-9H,5H2,1-4H3/b7-6+. The summed E-state index contributed by atoms with van der Waals surface area (Å²) in [5.74, 6) is 0.450. The van der Waals surface area contributed by atoms with Gasteiger partial charge >= 0.3 is 0 Å². The van der Waals surface area contributed by atoms with Crippen LogP contribution in [0, 0.1) is 0 Å². The van der Waals surface area contributed by atoms with Gasteiger partial charge < -0.3 is 9.64 Å². The lowest BCUT2D eigenvalue weighted by molar-refractivity contribution is 0.101. The maximum atomic E-state index is 11.7. The number of hydrogen-bond donors (Lipinski definition) is 0. The van der Waals surface area contributed by atoms with E-state index in [1.165, 1.54) is 6.92 Å². The van der Waals surface area contributed by atoms with E-state index in [0.717, 1.165) is 0 Å². The highest BCUT2D eigenvalue weighted by atomic mass is 16.5. The lowest BCUT2D eigenvalue weighted by Gasteiger charge is -2.07. The van der Waals surface area contributed by atoms with Crippen molar-refractivity contribution in [2.75, 3.05) is 20.7 Å². The summed E-state index contributed by atoms with van der Waals surface area (Å²) in [7, 11) is 3.83. The molecule has 0 saturated heterocycles. The van der Waals surface area contributed by atoms with Gasteiger partial charge in [-0.05, 0) is 19.9 Å². The largest absolute Gasteiger partial charge is 0.477 e. The molecule has 0 aliphatic rings. The summed E-state index contributed by atoms with van der Waals surface area (Å²) >= 11 is 0. The van der Waals surface area contributed by atoms with Crippen molar-refractivity contribution in [2.45, 2.75) is 13.8 Å². The van der Waals surface area contributed by atoms with Crippen LogP contribution < -0.4 is 4.74 Å². The van der Waals surface area contributed by atoms with E-state index in [2.05, 4.69) is 10.1 Å². The molecule has 0 saturated carbocycles. The Morgan fingerprint density at radius 3 is 2.85 bits per heavy atom. The van der Waals surface area contributed by atoms with E-state index >= 15 is 0 Å². The van der Waals surface area contributed by atoms with Crippen LogP contribution in [0.25, 0.3) is 11.7 Å². The highest BCUT2D eigenvalue weighted by Gasteiger charge is 2.13. The van der Waals surface area contributed by atoms with Gasteiger partial charge in [0.05, 0.1) is 17.9 Å². The summed E-state index contributed by atoms with van der Waals surface area (Å²) in [5, 5.41) is 4.33. The molecule has 2 heterocycles. The van der Waals surface area contributed by atoms with Gasteiger partial charge in [-0.15, -0.1) is 5.10 Å². The first kappa shape index (κ1) is 14.0. The van der Waals surface area contributed by atoms with Crippen LogP contribution in [0.1, 0.15) is 29.9 Å². The molecule has 0 aliphatic heterocycles. The van der Waals surface area contributed by atoms with Gasteiger partial charge in [-0.1, -0.05) is 0 Å². The molecule has 6 nitrogen and oxygen atoms in total. The first-order valence-electron chi connectivity index (χ1n) is 6.40. The summed E-state index contributed by atoms with van der Waals surface area (Å²) < 4.78 is 7.01. The second kappa shape index (κ2) is 5.73. The van der Waals surface area contributed by atoms with Crippen LogP contribution in [0.5, 0.6) is 5.88 Å². The van der Waals surface area contributed by atoms with Crippen molar-refractivity contribution < 1.29 is 9.53 Å². The fraction of sp³-hybridized carbons (Fsp3) is 0.357. The number of ketones is 1. The Morgan fingerprint density at radius 2 is 2.25 bits per heavy atom. The highest BCUT2D eigenvalue weighted by molar-refractivity contribution is 5.97. The Bertz CT molecular complexity index is 658.